The lowest BCUT2D eigenvalue weighted by molar-refractivity contribution is -0.137. The van der Waals surface area contributed by atoms with E-state index in [0.29, 0.717) is 16.7 Å². The fraction of sp³-hybridized carbons (Fsp3) is 0.318. The van der Waals surface area contributed by atoms with E-state index in [1.807, 2.05) is 12.1 Å². The van der Waals surface area contributed by atoms with Crippen LogP contribution in [0.25, 0.3) is 11.1 Å². The van der Waals surface area contributed by atoms with Crippen molar-refractivity contribution in [3.63, 3.8) is 0 Å². The molecule has 0 amide bonds. The van der Waals surface area contributed by atoms with Gasteiger partial charge in [-0.1, -0.05) is 50.6 Å². The Morgan fingerprint density at radius 1 is 0.852 bits per heavy atom. The Morgan fingerprint density at radius 2 is 1.56 bits per heavy atom. The van der Waals surface area contributed by atoms with Crippen LogP contribution in [0.3, 0.4) is 0 Å². The Labute approximate surface area is 159 Å². The maximum Gasteiger partial charge on any atom is 0.346 e. The molecule has 0 bridgehead atoms. The summed E-state index contributed by atoms with van der Waals surface area (Å²) < 4.78 is 10.0. The summed E-state index contributed by atoms with van der Waals surface area (Å²) in [4.78, 5) is 36.4. The SMILES string of the molecule is CCCc1ccc(C(=O)OCC)c(-c2ccccc2C(=O)OC(=O)CC)c1. The van der Waals surface area contributed by atoms with Crippen molar-refractivity contribution in [1.29, 1.82) is 0 Å². The largest absolute Gasteiger partial charge is 0.462 e. The maximum atomic E-state index is 12.5. The molecule has 2 rings (SSSR count). The molecule has 0 unspecified atom stereocenters. The van der Waals surface area contributed by atoms with Crippen LogP contribution in [0.15, 0.2) is 42.5 Å². The van der Waals surface area contributed by atoms with Crippen LogP contribution in [-0.4, -0.2) is 24.5 Å². The molecule has 5 heteroatoms. The van der Waals surface area contributed by atoms with E-state index in [-0.39, 0.29) is 18.6 Å². The Bertz CT molecular complexity index is 838. The summed E-state index contributed by atoms with van der Waals surface area (Å²) in [5.74, 6) is -1.78. The minimum atomic E-state index is -0.729. The van der Waals surface area contributed by atoms with Crippen LogP contribution in [0.1, 0.15) is 59.9 Å². The molecule has 0 N–H and O–H groups in total. The van der Waals surface area contributed by atoms with Crippen LogP contribution >= 0.6 is 0 Å². The minimum Gasteiger partial charge on any atom is -0.462 e. The first-order chi connectivity index (χ1) is 13.0. The van der Waals surface area contributed by atoms with Crippen LogP contribution in [-0.2, 0) is 20.7 Å². The zero-order valence-corrected chi connectivity index (χ0v) is 15.9. The highest BCUT2D eigenvalue weighted by Gasteiger charge is 2.21. The van der Waals surface area contributed by atoms with E-state index in [9.17, 15) is 14.4 Å². The Morgan fingerprint density at radius 3 is 2.22 bits per heavy atom. The van der Waals surface area contributed by atoms with Crippen molar-refractivity contribution >= 4 is 17.9 Å². The number of esters is 3. The number of rotatable bonds is 7. The van der Waals surface area contributed by atoms with Gasteiger partial charge in [0, 0.05) is 6.42 Å². The lowest BCUT2D eigenvalue weighted by Crippen LogP contribution is -2.13. The molecular weight excluding hydrogens is 344 g/mol. The Kier molecular flexibility index (Phi) is 7.29. The number of ether oxygens (including phenoxy) is 2. The minimum absolute atomic E-state index is 0.105. The molecule has 142 valence electrons. The summed E-state index contributed by atoms with van der Waals surface area (Å²) in [7, 11) is 0. The zero-order chi connectivity index (χ0) is 19.8. The summed E-state index contributed by atoms with van der Waals surface area (Å²) in [5, 5.41) is 0. The van der Waals surface area contributed by atoms with E-state index < -0.39 is 17.9 Å². The van der Waals surface area contributed by atoms with Gasteiger partial charge in [-0.25, -0.2) is 9.59 Å². The van der Waals surface area contributed by atoms with Gasteiger partial charge >= 0.3 is 17.9 Å². The van der Waals surface area contributed by atoms with Crippen molar-refractivity contribution in [3.8, 4) is 11.1 Å². The zero-order valence-electron chi connectivity index (χ0n) is 15.9. The van der Waals surface area contributed by atoms with Gasteiger partial charge < -0.3 is 9.47 Å². The van der Waals surface area contributed by atoms with E-state index in [1.54, 1.807) is 44.2 Å². The molecule has 0 saturated carbocycles. The topological polar surface area (TPSA) is 69.7 Å². The van der Waals surface area contributed by atoms with Crippen LogP contribution in [0.2, 0.25) is 0 Å². The van der Waals surface area contributed by atoms with Crippen LogP contribution < -0.4 is 0 Å². The number of benzene rings is 2. The highest BCUT2D eigenvalue weighted by Crippen LogP contribution is 2.30. The molecule has 0 aliphatic carbocycles. The predicted molar refractivity (Wildman–Crippen MR) is 103 cm³/mol. The smallest absolute Gasteiger partial charge is 0.346 e. The van der Waals surface area contributed by atoms with E-state index in [2.05, 4.69) is 6.92 Å². The van der Waals surface area contributed by atoms with Gasteiger partial charge in [0.25, 0.3) is 0 Å². The van der Waals surface area contributed by atoms with Gasteiger partial charge in [-0.3, -0.25) is 4.79 Å². The van der Waals surface area contributed by atoms with Gasteiger partial charge in [-0.2, -0.15) is 0 Å². The molecule has 27 heavy (non-hydrogen) atoms. The van der Waals surface area contributed by atoms with Gasteiger partial charge in [0.1, 0.15) is 0 Å². The van der Waals surface area contributed by atoms with Crippen molar-refractivity contribution in [2.45, 2.75) is 40.0 Å². The third kappa shape index (κ3) is 5.03. The molecule has 0 aromatic heterocycles. The molecule has 2 aromatic carbocycles. The predicted octanol–water partition coefficient (Wildman–Crippen LogP) is 4.58. The molecule has 0 aliphatic heterocycles. The fourth-order valence-corrected chi connectivity index (χ4v) is 2.77. The molecule has 0 saturated heterocycles. The van der Waals surface area contributed by atoms with Crippen LogP contribution in [0, 0.1) is 0 Å². The van der Waals surface area contributed by atoms with Crippen molar-refractivity contribution in [2.24, 2.45) is 0 Å². The number of hydrogen-bond donors (Lipinski definition) is 0. The molecule has 0 spiro atoms. The van der Waals surface area contributed by atoms with Gasteiger partial charge in [-0.05, 0) is 42.2 Å². The highest BCUT2D eigenvalue weighted by molar-refractivity contribution is 6.05. The third-order valence-corrected chi connectivity index (χ3v) is 4.05. The Balaban J connectivity index is 2.58. The normalized spacial score (nSPS) is 10.3. The van der Waals surface area contributed by atoms with Gasteiger partial charge in [0.15, 0.2) is 0 Å². The molecule has 0 radical (unpaired) electrons. The van der Waals surface area contributed by atoms with E-state index in [4.69, 9.17) is 9.47 Å². The summed E-state index contributed by atoms with van der Waals surface area (Å²) in [6.45, 7) is 5.68. The number of carbonyl (C=O) groups excluding carboxylic acids is 3. The fourth-order valence-electron chi connectivity index (χ4n) is 2.77. The van der Waals surface area contributed by atoms with Crippen molar-refractivity contribution < 1.29 is 23.9 Å². The summed E-state index contributed by atoms with van der Waals surface area (Å²) in [5.41, 5.74) is 2.79. The molecule has 0 aliphatic rings. The number of hydrogen-bond acceptors (Lipinski definition) is 5. The van der Waals surface area contributed by atoms with Gasteiger partial charge in [-0.15, -0.1) is 0 Å². The maximum absolute atomic E-state index is 12.5. The molecule has 0 heterocycles. The monoisotopic (exact) mass is 368 g/mol. The van der Waals surface area contributed by atoms with Crippen molar-refractivity contribution in [3.05, 3.63) is 59.2 Å². The average molecular weight is 368 g/mol. The molecule has 5 nitrogen and oxygen atoms in total. The highest BCUT2D eigenvalue weighted by atomic mass is 16.6. The van der Waals surface area contributed by atoms with Crippen molar-refractivity contribution in [2.75, 3.05) is 6.61 Å². The van der Waals surface area contributed by atoms with E-state index in [1.165, 1.54) is 0 Å². The van der Waals surface area contributed by atoms with Crippen molar-refractivity contribution in [1.82, 2.24) is 0 Å². The molecular formula is C22H24O5. The second-order valence-corrected chi connectivity index (χ2v) is 6.01. The lowest BCUT2D eigenvalue weighted by Gasteiger charge is -2.14. The first-order valence-electron chi connectivity index (χ1n) is 9.16. The summed E-state index contributed by atoms with van der Waals surface area (Å²) in [6.07, 6.45) is 1.90. The summed E-state index contributed by atoms with van der Waals surface area (Å²) >= 11 is 0. The average Bonchev–Trinajstić information content (AvgIpc) is 2.68. The second-order valence-electron chi connectivity index (χ2n) is 6.01. The quantitative estimate of drug-likeness (QED) is 0.529. The standard InChI is InChI=1S/C22H24O5/c1-4-9-15-12-13-18(21(24)26-6-3)19(14-15)16-10-7-8-11-17(16)22(25)27-20(23)5-2/h7-8,10-14H,4-6,9H2,1-3H3. The first-order valence-corrected chi connectivity index (χ1v) is 9.16. The first kappa shape index (κ1) is 20.4. The lowest BCUT2D eigenvalue weighted by atomic mass is 9.92. The van der Waals surface area contributed by atoms with E-state index >= 15 is 0 Å². The number of aryl methyl sites for hydroxylation is 1. The molecule has 2 aromatic rings. The summed E-state index contributed by atoms with van der Waals surface area (Å²) in [6, 6.07) is 12.3. The third-order valence-electron chi connectivity index (χ3n) is 4.05. The van der Waals surface area contributed by atoms with E-state index in [0.717, 1.165) is 18.4 Å². The van der Waals surface area contributed by atoms with Crippen LogP contribution in [0.5, 0.6) is 0 Å². The second kappa shape index (κ2) is 9.67. The number of carbonyl (C=O) groups is 3. The molecule has 0 atom stereocenters. The van der Waals surface area contributed by atoms with Gasteiger partial charge in [0.05, 0.1) is 17.7 Å². The van der Waals surface area contributed by atoms with Gasteiger partial charge in [0.2, 0.25) is 0 Å². The van der Waals surface area contributed by atoms with Crippen LogP contribution in [0.4, 0.5) is 0 Å². The molecule has 0 fully saturated rings. The Hall–Kier alpha value is -2.95.